The van der Waals surface area contributed by atoms with Gasteiger partial charge in [-0.3, -0.25) is 4.79 Å². The van der Waals surface area contributed by atoms with Gasteiger partial charge in [0.15, 0.2) is 16.8 Å². The molecule has 1 heterocycles. The van der Waals surface area contributed by atoms with Crippen LogP contribution in [0.2, 0.25) is 0 Å². The average molecular weight is 396 g/mol. The largest absolute Gasteiger partial charge is 0.497 e. The lowest BCUT2D eigenvalue weighted by molar-refractivity contribution is 0.102. The molecule has 5 nitrogen and oxygen atoms in total. The van der Waals surface area contributed by atoms with Crippen molar-refractivity contribution in [1.82, 2.24) is 14.8 Å². The Morgan fingerprint density at radius 2 is 1.82 bits per heavy atom. The lowest BCUT2D eigenvalue weighted by Gasteiger charge is -2.09. The minimum absolute atomic E-state index is 0.131. The molecular weight excluding hydrogens is 370 g/mol. The van der Waals surface area contributed by atoms with Gasteiger partial charge in [0.2, 0.25) is 0 Å². The molecule has 0 saturated heterocycles. The number of hydrogen-bond acceptors (Lipinski definition) is 5. The van der Waals surface area contributed by atoms with E-state index in [2.05, 4.69) is 36.2 Å². The maximum Gasteiger partial charge on any atom is 0.191 e. The monoisotopic (exact) mass is 395 g/mol. The SMILES string of the molecule is CCc1ccc(CC)c(C(=O)CSc2nnc(-c3ccc(OC)cc3)n2C)c1. The van der Waals surface area contributed by atoms with Gasteiger partial charge >= 0.3 is 0 Å². The van der Waals surface area contributed by atoms with Crippen LogP contribution in [0.5, 0.6) is 5.75 Å². The third-order valence-corrected chi connectivity index (χ3v) is 5.80. The summed E-state index contributed by atoms with van der Waals surface area (Å²) in [5, 5.41) is 9.29. The Morgan fingerprint density at radius 3 is 2.46 bits per heavy atom. The van der Waals surface area contributed by atoms with Gasteiger partial charge in [-0.25, -0.2) is 0 Å². The first-order valence-electron chi connectivity index (χ1n) is 9.39. The molecule has 0 aliphatic heterocycles. The fourth-order valence-corrected chi connectivity index (χ4v) is 3.85. The van der Waals surface area contributed by atoms with Crippen molar-refractivity contribution in [3.8, 4) is 17.1 Å². The Hall–Kier alpha value is -2.60. The Labute approximate surface area is 170 Å². The number of rotatable bonds is 8. The molecule has 28 heavy (non-hydrogen) atoms. The van der Waals surface area contributed by atoms with Crippen LogP contribution in [0.15, 0.2) is 47.6 Å². The van der Waals surface area contributed by atoms with E-state index in [9.17, 15) is 4.79 Å². The van der Waals surface area contributed by atoms with E-state index in [1.807, 2.05) is 41.9 Å². The van der Waals surface area contributed by atoms with Crippen molar-refractivity contribution in [2.75, 3.05) is 12.9 Å². The molecule has 0 N–H and O–H groups in total. The molecular formula is C22H25N3O2S. The predicted molar refractivity (Wildman–Crippen MR) is 113 cm³/mol. The summed E-state index contributed by atoms with van der Waals surface area (Å²) in [6.45, 7) is 4.18. The van der Waals surface area contributed by atoms with Crippen molar-refractivity contribution in [2.24, 2.45) is 7.05 Å². The second-order valence-corrected chi connectivity index (χ2v) is 7.45. The standard InChI is InChI=1S/C22H25N3O2S/c1-5-15-7-8-16(6-2)19(13-15)20(26)14-28-22-24-23-21(25(22)3)17-9-11-18(27-4)12-10-17/h7-13H,5-6,14H2,1-4H3. The normalized spacial score (nSPS) is 10.9. The molecule has 0 saturated carbocycles. The second-order valence-electron chi connectivity index (χ2n) is 6.50. The summed E-state index contributed by atoms with van der Waals surface area (Å²) < 4.78 is 7.12. The van der Waals surface area contributed by atoms with Crippen LogP contribution >= 0.6 is 11.8 Å². The smallest absolute Gasteiger partial charge is 0.191 e. The maximum atomic E-state index is 12.8. The van der Waals surface area contributed by atoms with Gasteiger partial charge < -0.3 is 9.30 Å². The topological polar surface area (TPSA) is 57.0 Å². The van der Waals surface area contributed by atoms with Crippen LogP contribution in [-0.2, 0) is 19.9 Å². The molecule has 0 aliphatic carbocycles. The van der Waals surface area contributed by atoms with E-state index in [0.29, 0.717) is 5.75 Å². The second kappa shape index (κ2) is 9.06. The van der Waals surface area contributed by atoms with E-state index in [1.165, 1.54) is 17.3 Å². The molecule has 3 rings (SSSR count). The van der Waals surface area contributed by atoms with Crippen LogP contribution in [0, 0.1) is 0 Å². The van der Waals surface area contributed by atoms with Gasteiger partial charge in [-0.05, 0) is 54.3 Å². The summed E-state index contributed by atoms with van der Waals surface area (Å²) in [5.74, 6) is 2.03. The number of thioether (sulfide) groups is 1. The lowest BCUT2D eigenvalue weighted by Crippen LogP contribution is -2.08. The molecule has 0 fully saturated rings. The molecule has 0 spiro atoms. The van der Waals surface area contributed by atoms with E-state index >= 15 is 0 Å². The third kappa shape index (κ3) is 4.28. The fourth-order valence-electron chi connectivity index (χ4n) is 3.05. The summed E-state index contributed by atoms with van der Waals surface area (Å²) in [6, 6.07) is 13.9. The van der Waals surface area contributed by atoms with Gasteiger partial charge in [0.1, 0.15) is 5.75 Å². The molecule has 0 aliphatic rings. The molecule has 2 aromatic carbocycles. The van der Waals surface area contributed by atoms with Crippen molar-refractivity contribution in [1.29, 1.82) is 0 Å². The highest BCUT2D eigenvalue weighted by atomic mass is 32.2. The molecule has 0 radical (unpaired) electrons. The number of nitrogens with zero attached hydrogens (tertiary/aromatic N) is 3. The van der Waals surface area contributed by atoms with Crippen LogP contribution in [-0.4, -0.2) is 33.4 Å². The fraction of sp³-hybridized carbons (Fsp3) is 0.318. The van der Waals surface area contributed by atoms with E-state index in [4.69, 9.17) is 4.74 Å². The summed E-state index contributed by atoms with van der Waals surface area (Å²) >= 11 is 1.42. The minimum atomic E-state index is 0.131. The Balaban J connectivity index is 1.75. The molecule has 146 valence electrons. The van der Waals surface area contributed by atoms with Gasteiger partial charge in [-0.1, -0.05) is 37.7 Å². The van der Waals surface area contributed by atoms with Gasteiger partial charge in [-0.15, -0.1) is 10.2 Å². The number of hydrogen-bond donors (Lipinski definition) is 0. The molecule has 0 bridgehead atoms. The van der Waals surface area contributed by atoms with E-state index in [0.717, 1.165) is 46.3 Å². The first-order chi connectivity index (χ1) is 13.6. The van der Waals surface area contributed by atoms with Crippen molar-refractivity contribution in [3.05, 3.63) is 59.2 Å². The highest BCUT2D eigenvalue weighted by Crippen LogP contribution is 2.25. The lowest BCUT2D eigenvalue weighted by atomic mass is 9.98. The number of carbonyl (C=O) groups excluding carboxylic acids is 1. The first-order valence-corrected chi connectivity index (χ1v) is 10.4. The Kier molecular flexibility index (Phi) is 6.52. The van der Waals surface area contributed by atoms with Crippen LogP contribution in [0.4, 0.5) is 0 Å². The number of ketones is 1. The molecule has 3 aromatic rings. The molecule has 0 atom stereocenters. The minimum Gasteiger partial charge on any atom is -0.497 e. The molecule has 0 amide bonds. The first kappa shape index (κ1) is 20.1. The summed E-state index contributed by atoms with van der Waals surface area (Å²) in [4.78, 5) is 12.8. The van der Waals surface area contributed by atoms with Crippen molar-refractivity contribution in [3.63, 3.8) is 0 Å². The average Bonchev–Trinajstić information content (AvgIpc) is 3.11. The van der Waals surface area contributed by atoms with Crippen molar-refractivity contribution >= 4 is 17.5 Å². The molecule has 1 aromatic heterocycles. The number of carbonyl (C=O) groups is 1. The summed E-state index contributed by atoms with van der Waals surface area (Å²) in [6.07, 6.45) is 1.77. The zero-order valence-electron chi connectivity index (χ0n) is 16.7. The molecule has 0 unspecified atom stereocenters. The van der Waals surface area contributed by atoms with Crippen LogP contribution in [0.1, 0.15) is 35.3 Å². The van der Waals surface area contributed by atoms with Crippen molar-refractivity contribution in [2.45, 2.75) is 31.8 Å². The zero-order chi connectivity index (χ0) is 20.1. The summed E-state index contributed by atoms with van der Waals surface area (Å²) in [5.41, 5.74) is 4.07. The van der Waals surface area contributed by atoms with E-state index < -0.39 is 0 Å². The Morgan fingerprint density at radius 1 is 1.07 bits per heavy atom. The van der Waals surface area contributed by atoms with E-state index in [-0.39, 0.29) is 5.78 Å². The van der Waals surface area contributed by atoms with Crippen LogP contribution in [0.3, 0.4) is 0 Å². The summed E-state index contributed by atoms with van der Waals surface area (Å²) in [7, 11) is 3.56. The van der Waals surface area contributed by atoms with E-state index in [1.54, 1.807) is 7.11 Å². The Bertz CT molecular complexity index is 964. The van der Waals surface area contributed by atoms with Gasteiger partial charge in [0.25, 0.3) is 0 Å². The van der Waals surface area contributed by atoms with Gasteiger partial charge in [0, 0.05) is 18.2 Å². The number of benzene rings is 2. The van der Waals surface area contributed by atoms with Gasteiger partial charge in [0.05, 0.1) is 12.9 Å². The number of aromatic nitrogens is 3. The van der Waals surface area contributed by atoms with Crippen LogP contribution in [0.25, 0.3) is 11.4 Å². The number of Topliss-reactive ketones (excluding diaryl/α,β-unsaturated/α-hetero) is 1. The number of ether oxygens (including phenoxy) is 1. The maximum absolute atomic E-state index is 12.8. The highest BCUT2D eigenvalue weighted by Gasteiger charge is 2.16. The van der Waals surface area contributed by atoms with Crippen molar-refractivity contribution < 1.29 is 9.53 Å². The third-order valence-electron chi connectivity index (χ3n) is 4.78. The number of aryl methyl sites for hydroxylation is 2. The van der Waals surface area contributed by atoms with Gasteiger partial charge in [-0.2, -0.15) is 0 Å². The number of methoxy groups -OCH3 is 1. The highest BCUT2D eigenvalue weighted by molar-refractivity contribution is 7.99. The van der Waals surface area contributed by atoms with Crippen LogP contribution < -0.4 is 4.74 Å². The molecule has 6 heteroatoms. The quantitative estimate of drug-likeness (QED) is 0.412. The predicted octanol–water partition coefficient (Wildman–Crippen LogP) is 4.59. The zero-order valence-corrected chi connectivity index (χ0v) is 17.5.